The molecule has 1 aliphatic heterocycles. The summed E-state index contributed by atoms with van der Waals surface area (Å²) in [6, 6.07) is 13.0. The Morgan fingerprint density at radius 2 is 2.07 bits per heavy atom. The van der Waals surface area contributed by atoms with Crippen LogP contribution in [0.25, 0.3) is 5.69 Å². The summed E-state index contributed by atoms with van der Waals surface area (Å²) in [5.41, 5.74) is 4.50. The SMILES string of the molecule is COc1ccc(Cl)cc1C(=O)Nc1c2c(nn1-c1ccccc1C)CSC2. The van der Waals surface area contributed by atoms with Gasteiger partial charge in [-0.25, -0.2) is 4.68 Å². The lowest BCUT2D eigenvalue weighted by Gasteiger charge is -2.14. The fourth-order valence-corrected chi connectivity index (χ4v) is 4.36. The Hall–Kier alpha value is -2.44. The molecule has 0 aliphatic carbocycles. The van der Waals surface area contributed by atoms with Gasteiger partial charge in [0.25, 0.3) is 5.91 Å². The fraction of sp³-hybridized carbons (Fsp3) is 0.200. The van der Waals surface area contributed by atoms with Gasteiger partial charge in [-0.3, -0.25) is 4.79 Å². The summed E-state index contributed by atoms with van der Waals surface area (Å²) >= 11 is 7.88. The van der Waals surface area contributed by atoms with Crippen molar-refractivity contribution in [2.75, 3.05) is 12.4 Å². The van der Waals surface area contributed by atoms with Crippen molar-refractivity contribution in [3.63, 3.8) is 0 Å². The first kappa shape index (κ1) is 17.9. The zero-order chi connectivity index (χ0) is 19.0. The molecule has 1 N–H and O–H groups in total. The highest BCUT2D eigenvalue weighted by molar-refractivity contribution is 7.98. The third kappa shape index (κ3) is 3.31. The van der Waals surface area contributed by atoms with E-state index in [1.165, 1.54) is 7.11 Å². The van der Waals surface area contributed by atoms with E-state index in [2.05, 4.69) is 5.32 Å². The standard InChI is InChI=1S/C20H18ClN3O2S/c1-12-5-3-4-6-17(12)24-19(15-10-27-11-16(15)23-24)22-20(25)14-9-13(21)7-8-18(14)26-2/h3-9H,10-11H2,1-2H3,(H,22,25). The molecule has 5 nitrogen and oxygen atoms in total. The third-order valence-corrected chi connectivity index (χ3v) is 5.74. The van der Waals surface area contributed by atoms with E-state index >= 15 is 0 Å². The van der Waals surface area contributed by atoms with E-state index in [1.54, 1.807) is 30.0 Å². The summed E-state index contributed by atoms with van der Waals surface area (Å²) in [6.07, 6.45) is 0. The first-order chi connectivity index (χ1) is 13.1. The number of fused-ring (bicyclic) bond motifs is 1. The number of hydrogen-bond acceptors (Lipinski definition) is 4. The predicted molar refractivity (Wildman–Crippen MR) is 109 cm³/mol. The quantitative estimate of drug-likeness (QED) is 0.681. The molecule has 0 atom stereocenters. The maximum Gasteiger partial charge on any atom is 0.260 e. The number of para-hydroxylation sites is 1. The molecule has 2 heterocycles. The second kappa shape index (κ2) is 7.29. The number of aryl methyl sites for hydroxylation is 1. The van der Waals surface area contributed by atoms with E-state index in [4.69, 9.17) is 21.4 Å². The molecule has 0 unspecified atom stereocenters. The van der Waals surface area contributed by atoms with E-state index in [1.807, 2.05) is 35.9 Å². The molecule has 1 aromatic heterocycles. The lowest BCUT2D eigenvalue weighted by molar-refractivity contribution is 0.102. The molecule has 4 rings (SSSR count). The number of amides is 1. The number of methoxy groups -OCH3 is 1. The average Bonchev–Trinajstić information content (AvgIpc) is 3.25. The largest absolute Gasteiger partial charge is 0.496 e. The minimum absolute atomic E-state index is 0.274. The van der Waals surface area contributed by atoms with Gasteiger partial charge in [-0.05, 0) is 36.8 Å². The van der Waals surface area contributed by atoms with E-state index in [-0.39, 0.29) is 5.91 Å². The van der Waals surface area contributed by atoms with Crippen LogP contribution in [0.4, 0.5) is 5.82 Å². The molecule has 1 amide bonds. The number of carbonyl (C=O) groups excluding carboxylic acids is 1. The van der Waals surface area contributed by atoms with Gasteiger partial charge >= 0.3 is 0 Å². The highest BCUT2D eigenvalue weighted by Gasteiger charge is 2.26. The first-order valence-electron chi connectivity index (χ1n) is 8.48. The zero-order valence-corrected chi connectivity index (χ0v) is 16.5. The molecule has 27 heavy (non-hydrogen) atoms. The molecule has 7 heteroatoms. The van der Waals surface area contributed by atoms with Crippen molar-refractivity contribution in [2.45, 2.75) is 18.4 Å². The number of aromatic nitrogens is 2. The van der Waals surface area contributed by atoms with Gasteiger partial charge in [0.2, 0.25) is 0 Å². The van der Waals surface area contributed by atoms with Gasteiger partial charge in [0.15, 0.2) is 0 Å². The maximum atomic E-state index is 13.0. The van der Waals surface area contributed by atoms with E-state index in [0.717, 1.165) is 34.0 Å². The molecule has 0 radical (unpaired) electrons. The third-order valence-electron chi connectivity index (χ3n) is 4.53. The average molecular weight is 400 g/mol. The van der Waals surface area contributed by atoms with Crippen molar-refractivity contribution in [1.29, 1.82) is 0 Å². The van der Waals surface area contributed by atoms with Gasteiger partial charge in [0.1, 0.15) is 11.6 Å². The minimum atomic E-state index is -0.274. The van der Waals surface area contributed by atoms with Crippen LogP contribution in [0, 0.1) is 6.92 Å². The molecule has 0 saturated carbocycles. The van der Waals surface area contributed by atoms with Gasteiger partial charge in [0, 0.05) is 22.1 Å². The smallest absolute Gasteiger partial charge is 0.260 e. The number of anilines is 1. The molecular formula is C20H18ClN3O2S. The Labute approximate surface area is 166 Å². The second-order valence-electron chi connectivity index (χ2n) is 6.26. The van der Waals surface area contributed by atoms with Crippen LogP contribution in [-0.2, 0) is 11.5 Å². The molecule has 2 aromatic carbocycles. The molecule has 1 aliphatic rings. The Kier molecular flexibility index (Phi) is 4.85. The number of nitrogens with one attached hydrogen (secondary N) is 1. The van der Waals surface area contributed by atoms with Crippen molar-refractivity contribution < 1.29 is 9.53 Å². The van der Waals surface area contributed by atoms with Crippen LogP contribution < -0.4 is 10.1 Å². The Morgan fingerprint density at radius 3 is 2.85 bits per heavy atom. The van der Waals surface area contributed by atoms with Crippen LogP contribution in [0.3, 0.4) is 0 Å². The molecule has 138 valence electrons. The summed E-state index contributed by atoms with van der Waals surface area (Å²) in [4.78, 5) is 13.0. The van der Waals surface area contributed by atoms with Gasteiger partial charge in [-0.15, -0.1) is 0 Å². The lowest BCUT2D eigenvalue weighted by atomic mass is 10.1. The minimum Gasteiger partial charge on any atom is -0.496 e. The molecular weight excluding hydrogens is 382 g/mol. The fourth-order valence-electron chi connectivity index (χ4n) is 3.15. The number of halogens is 1. The number of hydrogen-bond donors (Lipinski definition) is 1. The zero-order valence-electron chi connectivity index (χ0n) is 15.0. The van der Waals surface area contributed by atoms with E-state index in [0.29, 0.717) is 22.2 Å². The lowest BCUT2D eigenvalue weighted by Crippen LogP contribution is -2.17. The number of ether oxygens (including phenoxy) is 1. The predicted octanol–water partition coefficient (Wildman–Crippen LogP) is 4.84. The monoisotopic (exact) mass is 399 g/mol. The molecule has 0 spiro atoms. The van der Waals surface area contributed by atoms with Crippen molar-refractivity contribution in [3.8, 4) is 11.4 Å². The van der Waals surface area contributed by atoms with Crippen molar-refractivity contribution >= 4 is 35.1 Å². The molecule has 0 bridgehead atoms. The Morgan fingerprint density at radius 1 is 1.26 bits per heavy atom. The van der Waals surface area contributed by atoms with Gasteiger partial charge in [-0.1, -0.05) is 29.8 Å². The molecule has 0 fully saturated rings. The number of benzene rings is 2. The van der Waals surface area contributed by atoms with E-state index in [9.17, 15) is 4.79 Å². The van der Waals surface area contributed by atoms with Crippen molar-refractivity contribution in [2.24, 2.45) is 0 Å². The normalized spacial score (nSPS) is 12.7. The highest BCUT2D eigenvalue weighted by atomic mass is 35.5. The Bertz CT molecular complexity index is 1030. The van der Waals surface area contributed by atoms with Crippen LogP contribution in [0.15, 0.2) is 42.5 Å². The summed E-state index contributed by atoms with van der Waals surface area (Å²) in [5.74, 6) is 2.58. The van der Waals surface area contributed by atoms with Crippen LogP contribution in [0.1, 0.15) is 27.2 Å². The van der Waals surface area contributed by atoms with Crippen LogP contribution in [0.5, 0.6) is 5.75 Å². The molecule has 3 aromatic rings. The number of nitrogens with zero attached hydrogens (tertiary/aromatic N) is 2. The Balaban J connectivity index is 1.78. The van der Waals surface area contributed by atoms with Gasteiger partial charge in [0.05, 0.1) is 24.1 Å². The summed E-state index contributed by atoms with van der Waals surface area (Å²) < 4.78 is 7.15. The number of rotatable bonds is 4. The summed E-state index contributed by atoms with van der Waals surface area (Å²) in [6.45, 7) is 2.03. The van der Waals surface area contributed by atoms with Crippen molar-refractivity contribution in [3.05, 3.63) is 69.9 Å². The highest BCUT2D eigenvalue weighted by Crippen LogP contribution is 2.37. The van der Waals surface area contributed by atoms with Gasteiger partial charge in [-0.2, -0.15) is 16.9 Å². The van der Waals surface area contributed by atoms with Crippen LogP contribution >= 0.6 is 23.4 Å². The summed E-state index contributed by atoms with van der Waals surface area (Å²) in [7, 11) is 1.53. The maximum absolute atomic E-state index is 13.0. The second-order valence-corrected chi connectivity index (χ2v) is 7.69. The van der Waals surface area contributed by atoms with Gasteiger partial charge < -0.3 is 10.1 Å². The van der Waals surface area contributed by atoms with E-state index < -0.39 is 0 Å². The molecule has 0 saturated heterocycles. The van der Waals surface area contributed by atoms with Crippen LogP contribution in [0.2, 0.25) is 5.02 Å². The topological polar surface area (TPSA) is 56.1 Å². The number of thioether (sulfide) groups is 1. The summed E-state index contributed by atoms with van der Waals surface area (Å²) in [5, 5.41) is 8.28. The first-order valence-corrected chi connectivity index (χ1v) is 10.0. The number of carbonyl (C=O) groups is 1. The van der Waals surface area contributed by atoms with Crippen molar-refractivity contribution in [1.82, 2.24) is 9.78 Å². The van der Waals surface area contributed by atoms with Crippen LogP contribution in [-0.4, -0.2) is 22.8 Å².